The van der Waals surface area contributed by atoms with E-state index in [0.717, 1.165) is 35.9 Å². The highest BCUT2D eigenvalue weighted by molar-refractivity contribution is 5.79. The smallest absolute Gasteiger partial charge is 0.150 e. The molecule has 2 nitrogen and oxygen atoms in total. The fourth-order valence-corrected chi connectivity index (χ4v) is 2.23. The molecule has 0 amide bonds. The fraction of sp³-hybridized carbons (Fsp3) is 0.278. The van der Waals surface area contributed by atoms with Crippen LogP contribution in [0.4, 0.5) is 4.39 Å². The zero-order valence-electron chi connectivity index (χ0n) is 12.7. The topological polar surface area (TPSA) is 20.3 Å². The van der Waals surface area contributed by atoms with E-state index in [1.54, 1.807) is 19.1 Å². The molecule has 0 saturated heterocycles. The largest absolute Gasteiger partial charge is 0.309 e. The molecule has 0 unspecified atom stereocenters. The molecule has 0 aromatic heterocycles. The van der Waals surface area contributed by atoms with Crippen molar-refractivity contribution in [1.29, 1.82) is 0 Å². The minimum Gasteiger partial charge on any atom is -0.309 e. The van der Waals surface area contributed by atoms with Crippen molar-refractivity contribution in [2.24, 2.45) is 0 Å². The summed E-state index contributed by atoms with van der Waals surface area (Å²) >= 11 is 0. The fourth-order valence-electron chi connectivity index (χ4n) is 2.23. The summed E-state index contributed by atoms with van der Waals surface area (Å²) in [5.41, 5.74) is 4.11. The van der Waals surface area contributed by atoms with Gasteiger partial charge in [0.15, 0.2) is 0 Å². The van der Waals surface area contributed by atoms with Crippen molar-refractivity contribution in [2.45, 2.75) is 13.3 Å². The van der Waals surface area contributed by atoms with Crippen molar-refractivity contribution in [1.82, 2.24) is 4.90 Å². The maximum Gasteiger partial charge on any atom is 0.150 e. The molecule has 2 rings (SSSR count). The van der Waals surface area contributed by atoms with E-state index < -0.39 is 0 Å². The number of likely N-dealkylation sites (N-methyl/N-ethyl adjacent to an activating group) is 1. The average Bonchev–Trinajstić information content (AvgIpc) is 2.47. The molecule has 0 fully saturated rings. The lowest BCUT2D eigenvalue weighted by Gasteiger charge is -2.12. The summed E-state index contributed by atoms with van der Waals surface area (Å²) in [5.74, 6) is -0.207. The SMILES string of the molecule is Cc1ccc(-c2ccc(C=O)c(CCN(C)C)c2)cc1F. The summed E-state index contributed by atoms with van der Waals surface area (Å²) in [7, 11) is 4.00. The van der Waals surface area contributed by atoms with Gasteiger partial charge in [0.1, 0.15) is 12.1 Å². The van der Waals surface area contributed by atoms with E-state index in [1.165, 1.54) is 0 Å². The first-order chi connectivity index (χ1) is 10.0. The van der Waals surface area contributed by atoms with Gasteiger partial charge in [-0.1, -0.05) is 30.3 Å². The molecule has 0 spiro atoms. The quantitative estimate of drug-likeness (QED) is 0.780. The second kappa shape index (κ2) is 6.64. The van der Waals surface area contributed by atoms with Gasteiger partial charge in [0, 0.05) is 12.1 Å². The highest BCUT2D eigenvalue weighted by atomic mass is 19.1. The van der Waals surface area contributed by atoms with Crippen LogP contribution in [0.3, 0.4) is 0 Å². The van der Waals surface area contributed by atoms with Crippen molar-refractivity contribution < 1.29 is 9.18 Å². The maximum absolute atomic E-state index is 13.7. The van der Waals surface area contributed by atoms with E-state index in [4.69, 9.17) is 0 Å². The molecule has 0 atom stereocenters. The van der Waals surface area contributed by atoms with Gasteiger partial charge in [-0.25, -0.2) is 4.39 Å². The van der Waals surface area contributed by atoms with Gasteiger partial charge in [0.05, 0.1) is 0 Å². The number of rotatable bonds is 5. The third kappa shape index (κ3) is 3.76. The van der Waals surface area contributed by atoms with Gasteiger partial charge in [-0.2, -0.15) is 0 Å². The van der Waals surface area contributed by atoms with E-state index in [2.05, 4.69) is 4.90 Å². The van der Waals surface area contributed by atoms with E-state index in [-0.39, 0.29) is 5.82 Å². The van der Waals surface area contributed by atoms with Gasteiger partial charge < -0.3 is 4.90 Å². The van der Waals surface area contributed by atoms with Crippen LogP contribution in [0.15, 0.2) is 36.4 Å². The second-order valence-corrected chi connectivity index (χ2v) is 5.55. The molecular weight excluding hydrogens is 265 g/mol. The number of halogens is 1. The third-order valence-electron chi connectivity index (χ3n) is 3.60. The minimum atomic E-state index is -0.207. The van der Waals surface area contributed by atoms with E-state index >= 15 is 0 Å². The molecule has 0 saturated carbocycles. The van der Waals surface area contributed by atoms with Gasteiger partial charge in [0.2, 0.25) is 0 Å². The molecule has 3 heteroatoms. The summed E-state index contributed by atoms with van der Waals surface area (Å²) < 4.78 is 13.7. The highest BCUT2D eigenvalue weighted by Gasteiger charge is 2.07. The Kier molecular flexibility index (Phi) is 4.86. The zero-order valence-corrected chi connectivity index (χ0v) is 12.7. The van der Waals surface area contributed by atoms with E-state index in [1.807, 2.05) is 38.4 Å². The van der Waals surface area contributed by atoms with Gasteiger partial charge >= 0.3 is 0 Å². The first-order valence-corrected chi connectivity index (χ1v) is 7.00. The minimum absolute atomic E-state index is 0.207. The average molecular weight is 285 g/mol. The van der Waals surface area contributed by atoms with Crippen LogP contribution in [0.5, 0.6) is 0 Å². The normalized spacial score (nSPS) is 10.9. The Balaban J connectivity index is 2.38. The lowest BCUT2D eigenvalue weighted by atomic mass is 9.97. The molecule has 21 heavy (non-hydrogen) atoms. The molecule has 0 N–H and O–H groups in total. The Morgan fingerprint density at radius 1 is 1.10 bits per heavy atom. The molecule has 0 radical (unpaired) electrons. The summed E-state index contributed by atoms with van der Waals surface area (Å²) in [6.07, 6.45) is 1.67. The number of nitrogens with zero attached hydrogens (tertiary/aromatic N) is 1. The first kappa shape index (κ1) is 15.4. The number of hydrogen-bond acceptors (Lipinski definition) is 2. The van der Waals surface area contributed by atoms with E-state index in [9.17, 15) is 9.18 Å². The number of aryl methyl sites for hydroxylation is 1. The van der Waals surface area contributed by atoms with Crippen molar-refractivity contribution >= 4 is 6.29 Å². The monoisotopic (exact) mass is 285 g/mol. The van der Waals surface area contributed by atoms with Crippen molar-refractivity contribution in [2.75, 3.05) is 20.6 Å². The molecule has 2 aromatic carbocycles. The van der Waals surface area contributed by atoms with Crippen LogP contribution in [0, 0.1) is 12.7 Å². The number of hydrogen-bond donors (Lipinski definition) is 0. The Bertz CT molecular complexity index is 650. The standard InChI is InChI=1S/C18H20FNO/c1-13-4-5-15(11-18(13)19)14-6-7-17(12-21)16(10-14)8-9-20(2)3/h4-7,10-12H,8-9H2,1-3H3. The molecule has 110 valence electrons. The third-order valence-corrected chi connectivity index (χ3v) is 3.60. The molecule has 2 aromatic rings. The Hall–Kier alpha value is -2.00. The van der Waals surface area contributed by atoms with E-state index in [0.29, 0.717) is 11.1 Å². The van der Waals surface area contributed by atoms with Crippen LogP contribution in [0.25, 0.3) is 11.1 Å². The molecular formula is C18H20FNO. The van der Waals surface area contributed by atoms with Gasteiger partial charge in [0.25, 0.3) is 0 Å². The molecule has 0 aliphatic carbocycles. The summed E-state index contributed by atoms with van der Waals surface area (Å²) in [5, 5.41) is 0. The maximum atomic E-state index is 13.7. The number of carbonyl (C=O) groups excluding carboxylic acids is 1. The van der Waals surface area contributed by atoms with Crippen LogP contribution in [-0.4, -0.2) is 31.8 Å². The van der Waals surface area contributed by atoms with Crippen LogP contribution in [0.1, 0.15) is 21.5 Å². The Morgan fingerprint density at radius 3 is 2.38 bits per heavy atom. The molecule has 0 aliphatic rings. The summed E-state index contributed by atoms with van der Waals surface area (Å²) in [4.78, 5) is 13.2. The highest BCUT2D eigenvalue weighted by Crippen LogP contribution is 2.24. The molecule has 0 aliphatic heterocycles. The Morgan fingerprint density at radius 2 is 1.76 bits per heavy atom. The van der Waals surface area contributed by atoms with Gasteiger partial charge in [-0.3, -0.25) is 4.79 Å². The van der Waals surface area contributed by atoms with Crippen molar-refractivity contribution in [3.8, 4) is 11.1 Å². The number of benzene rings is 2. The summed E-state index contributed by atoms with van der Waals surface area (Å²) in [6.45, 7) is 2.61. The number of aldehydes is 1. The second-order valence-electron chi connectivity index (χ2n) is 5.55. The predicted octanol–water partition coefficient (Wildman–Crippen LogP) is 3.72. The summed E-state index contributed by atoms with van der Waals surface area (Å²) in [6, 6.07) is 10.9. The van der Waals surface area contributed by atoms with Crippen molar-refractivity contribution in [3.63, 3.8) is 0 Å². The first-order valence-electron chi connectivity index (χ1n) is 7.00. The molecule has 0 bridgehead atoms. The lowest BCUT2D eigenvalue weighted by Crippen LogP contribution is -2.15. The lowest BCUT2D eigenvalue weighted by molar-refractivity contribution is 0.112. The number of carbonyl (C=O) groups is 1. The van der Waals surface area contributed by atoms with Gasteiger partial charge in [-0.15, -0.1) is 0 Å². The zero-order chi connectivity index (χ0) is 15.4. The van der Waals surface area contributed by atoms with Crippen LogP contribution < -0.4 is 0 Å². The van der Waals surface area contributed by atoms with Crippen LogP contribution in [-0.2, 0) is 6.42 Å². The van der Waals surface area contributed by atoms with Crippen LogP contribution >= 0.6 is 0 Å². The van der Waals surface area contributed by atoms with Crippen LogP contribution in [0.2, 0.25) is 0 Å². The molecule has 0 heterocycles. The predicted molar refractivity (Wildman–Crippen MR) is 84.2 cm³/mol. The Labute approximate surface area is 125 Å². The van der Waals surface area contributed by atoms with Gasteiger partial charge in [-0.05, 0) is 55.8 Å². The van der Waals surface area contributed by atoms with Crippen molar-refractivity contribution in [3.05, 3.63) is 58.9 Å².